The van der Waals surface area contributed by atoms with Gasteiger partial charge in [0.25, 0.3) is 0 Å². The SMILES string of the molecule is CCCCCCCC/C=C\CCCCCCCCOCC(C)NC(=O)CO. The highest BCUT2D eigenvalue weighted by atomic mass is 16.5. The Morgan fingerprint density at radius 2 is 1.41 bits per heavy atom. The minimum Gasteiger partial charge on any atom is -0.387 e. The van der Waals surface area contributed by atoms with E-state index < -0.39 is 6.61 Å². The van der Waals surface area contributed by atoms with Gasteiger partial charge in [-0.05, 0) is 39.0 Å². The van der Waals surface area contributed by atoms with Gasteiger partial charge in [-0.2, -0.15) is 0 Å². The summed E-state index contributed by atoms with van der Waals surface area (Å²) < 4.78 is 5.55. The molecule has 4 nitrogen and oxygen atoms in total. The Bertz CT molecular complexity index is 345. The predicted molar refractivity (Wildman–Crippen MR) is 115 cm³/mol. The molecule has 0 aliphatic rings. The van der Waals surface area contributed by atoms with Gasteiger partial charge in [-0.3, -0.25) is 4.79 Å². The van der Waals surface area contributed by atoms with Crippen molar-refractivity contribution in [2.45, 2.75) is 110 Å². The van der Waals surface area contributed by atoms with Crippen molar-refractivity contribution in [2.75, 3.05) is 19.8 Å². The third kappa shape index (κ3) is 21.3. The van der Waals surface area contributed by atoms with Crippen molar-refractivity contribution in [1.82, 2.24) is 5.32 Å². The fraction of sp³-hybridized carbons (Fsp3) is 0.870. The molecule has 0 aromatic rings. The number of carbonyl (C=O) groups excluding carboxylic acids is 1. The maximum atomic E-state index is 11.0. The smallest absolute Gasteiger partial charge is 0.245 e. The number of amides is 1. The third-order valence-electron chi connectivity index (χ3n) is 4.72. The van der Waals surface area contributed by atoms with Crippen LogP contribution in [-0.2, 0) is 9.53 Å². The van der Waals surface area contributed by atoms with Crippen LogP contribution in [0.2, 0.25) is 0 Å². The number of carbonyl (C=O) groups is 1. The summed E-state index contributed by atoms with van der Waals surface area (Å²) in [6.07, 6.45) is 23.1. The average molecular weight is 384 g/mol. The van der Waals surface area contributed by atoms with Crippen molar-refractivity contribution in [1.29, 1.82) is 0 Å². The summed E-state index contributed by atoms with van der Waals surface area (Å²) >= 11 is 0. The van der Waals surface area contributed by atoms with E-state index >= 15 is 0 Å². The van der Waals surface area contributed by atoms with Crippen LogP contribution in [-0.4, -0.2) is 36.9 Å². The lowest BCUT2D eigenvalue weighted by Gasteiger charge is -2.13. The third-order valence-corrected chi connectivity index (χ3v) is 4.72. The van der Waals surface area contributed by atoms with E-state index in [0.29, 0.717) is 6.61 Å². The molecule has 0 aromatic carbocycles. The number of allylic oxidation sites excluding steroid dienone is 2. The van der Waals surface area contributed by atoms with Gasteiger partial charge >= 0.3 is 0 Å². The molecule has 27 heavy (non-hydrogen) atoms. The molecular weight excluding hydrogens is 338 g/mol. The first kappa shape index (κ1) is 26.1. The molecule has 2 N–H and O–H groups in total. The van der Waals surface area contributed by atoms with Crippen molar-refractivity contribution in [2.24, 2.45) is 0 Å². The summed E-state index contributed by atoms with van der Waals surface area (Å²) in [5, 5.41) is 11.3. The zero-order valence-corrected chi connectivity index (χ0v) is 18.0. The molecule has 0 aliphatic carbocycles. The van der Waals surface area contributed by atoms with Gasteiger partial charge < -0.3 is 15.2 Å². The summed E-state index contributed by atoms with van der Waals surface area (Å²) in [7, 11) is 0. The summed E-state index contributed by atoms with van der Waals surface area (Å²) in [6.45, 7) is 4.95. The largest absolute Gasteiger partial charge is 0.387 e. The molecule has 4 heteroatoms. The molecule has 0 heterocycles. The lowest BCUT2D eigenvalue weighted by atomic mass is 10.1. The van der Waals surface area contributed by atoms with Crippen molar-refractivity contribution >= 4 is 5.91 Å². The molecule has 0 fully saturated rings. The highest BCUT2D eigenvalue weighted by Gasteiger charge is 2.05. The molecule has 1 atom stereocenters. The Labute approximate surface area is 168 Å². The van der Waals surface area contributed by atoms with Crippen LogP contribution in [0.3, 0.4) is 0 Å². The predicted octanol–water partition coefficient (Wildman–Crippen LogP) is 5.54. The number of hydrogen-bond acceptors (Lipinski definition) is 3. The first-order valence-electron chi connectivity index (χ1n) is 11.3. The van der Waals surface area contributed by atoms with E-state index in [9.17, 15) is 4.79 Å². The molecule has 1 unspecified atom stereocenters. The Hall–Kier alpha value is -0.870. The van der Waals surface area contributed by atoms with E-state index in [1.165, 1.54) is 83.5 Å². The second-order valence-corrected chi connectivity index (χ2v) is 7.64. The highest BCUT2D eigenvalue weighted by Crippen LogP contribution is 2.10. The van der Waals surface area contributed by atoms with Crippen LogP contribution in [0.1, 0.15) is 104 Å². The zero-order valence-electron chi connectivity index (χ0n) is 18.0. The molecule has 1 amide bonds. The molecular formula is C23H45NO3. The fourth-order valence-electron chi connectivity index (χ4n) is 3.07. The molecule has 0 rings (SSSR count). The molecule has 0 saturated heterocycles. The number of aliphatic hydroxyl groups excluding tert-OH is 1. The van der Waals surface area contributed by atoms with E-state index in [4.69, 9.17) is 9.84 Å². The molecule has 0 aromatic heterocycles. The first-order valence-corrected chi connectivity index (χ1v) is 11.3. The summed E-state index contributed by atoms with van der Waals surface area (Å²) in [5.41, 5.74) is 0. The van der Waals surface area contributed by atoms with Crippen molar-refractivity contribution in [3.8, 4) is 0 Å². The van der Waals surface area contributed by atoms with Gasteiger partial charge in [-0.15, -0.1) is 0 Å². The number of ether oxygens (including phenoxy) is 1. The summed E-state index contributed by atoms with van der Waals surface area (Å²) in [4.78, 5) is 11.0. The normalized spacial score (nSPS) is 12.6. The van der Waals surface area contributed by atoms with Crippen LogP contribution in [0.4, 0.5) is 0 Å². The van der Waals surface area contributed by atoms with Crippen LogP contribution in [0.25, 0.3) is 0 Å². The van der Waals surface area contributed by atoms with Crippen molar-refractivity contribution in [3.63, 3.8) is 0 Å². The van der Waals surface area contributed by atoms with Crippen LogP contribution >= 0.6 is 0 Å². The van der Waals surface area contributed by atoms with Crippen molar-refractivity contribution in [3.05, 3.63) is 12.2 Å². The number of unbranched alkanes of at least 4 members (excludes halogenated alkanes) is 12. The molecule has 0 radical (unpaired) electrons. The second kappa shape index (κ2) is 21.4. The Kier molecular flexibility index (Phi) is 20.7. The van der Waals surface area contributed by atoms with Gasteiger partial charge in [0.15, 0.2) is 0 Å². The number of nitrogens with one attached hydrogen (secondary N) is 1. The lowest BCUT2D eigenvalue weighted by Crippen LogP contribution is -2.37. The minimum absolute atomic E-state index is 0.0428. The molecule has 0 bridgehead atoms. The van der Waals surface area contributed by atoms with Gasteiger partial charge in [0.2, 0.25) is 5.91 Å². The van der Waals surface area contributed by atoms with Crippen LogP contribution in [0, 0.1) is 0 Å². The lowest BCUT2D eigenvalue weighted by molar-refractivity contribution is -0.124. The standard InChI is InChI=1S/C23H45NO3/c1-3-4-5-6-7-8-9-10-11-12-13-14-15-16-17-18-19-27-21-22(2)24-23(26)20-25/h10-11,22,25H,3-9,12-21H2,1-2H3,(H,24,26)/b11-10-. The average Bonchev–Trinajstić information content (AvgIpc) is 2.66. The van der Waals surface area contributed by atoms with E-state index in [1.807, 2.05) is 6.92 Å². The van der Waals surface area contributed by atoms with E-state index in [0.717, 1.165) is 13.0 Å². The maximum Gasteiger partial charge on any atom is 0.245 e. The Balaban J connectivity index is 3.18. The van der Waals surface area contributed by atoms with Gasteiger partial charge in [-0.1, -0.05) is 76.9 Å². The molecule has 160 valence electrons. The van der Waals surface area contributed by atoms with Gasteiger partial charge in [-0.25, -0.2) is 0 Å². The number of aliphatic hydroxyl groups is 1. The van der Waals surface area contributed by atoms with Crippen LogP contribution < -0.4 is 5.32 Å². The monoisotopic (exact) mass is 383 g/mol. The van der Waals surface area contributed by atoms with E-state index in [1.54, 1.807) is 0 Å². The van der Waals surface area contributed by atoms with E-state index in [-0.39, 0.29) is 11.9 Å². The van der Waals surface area contributed by atoms with Gasteiger partial charge in [0, 0.05) is 12.6 Å². The zero-order chi connectivity index (χ0) is 20.0. The molecule has 0 aliphatic heterocycles. The summed E-state index contributed by atoms with van der Waals surface area (Å²) in [5.74, 6) is -0.344. The van der Waals surface area contributed by atoms with E-state index in [2.05, 4.69) is 24.4 Å². The highest BCUT2D eigenvalue weighted by molar-refractivity contribution is 5.77. The van der Waals surface area contributed by atoms with Crippen LogP contribution in [0.5, 0.6) is 0 Å². The van der Waals surface area contributed by atoms with Gasteiger partial charge in [0.1, 0.15) is 6.61 Å². The quantitative estimate of drug-likeness (QED) is 0.214. The summed E-state index contributed by atoms with van der Waals surface area (Å²) in [6, 6.07) is -0.0428. The number of hydrogen-bond donors (Lipinski definition) is 2. The minimum atomic E-state index is -0.459. The Morgan fingerprint density at radius 1 is 0.889 bits per heavy atom. The van der Waals surface area contributed by atoms with Crippen molar-refractivity contribution < 1.29 is 14.6 Å². The van der Waals surface area contributed by atoms with Crippen LogP contribution in [0.15, 0.2) is 12.2 Å². The second-order valence-electron chi connectivity index (χ2n) is 7.64. The molecule has 0 saturated carbocycles. The maximum absolute atomic E-state index is 11.0. The topological polar surface area (TPSA) is 58.6 Å². The fourth-order valence-corrected chi connectivity index (χ4v) is 3.07. The number of rotatable bonds is 20. The van der Waals surface area contributed by atoms with Gasteiger partial charge in [0.05, 0.1) is 6.61 Å². The molecule has 0 spiro atoms. The first-order chi connectivity index (χ1) is 13.2. The Morgan fingerprint density at radius 3 is 1.96 bits per heavy atom.